The van der Waals surface area contributed by atoms with Crippen LogP contribution in [0, 0.1) is 16.7 Å². The van der Waals surface area contributed by atoms with Crippen molar-refractivity contribution in [2.45, 2.75) is 38.5 Å². The highest BCUT2D eigenvalue weighted by molar-refractivity contribution is 5.91. The highest BCUT2D eigenvalue weighted by Gasteiger charge is 2.47. The fourth-order valence-corrected chi connectivity index (χ4v) is 5.03. The molecule has 0 radical (unpaired) electrons. The summed E-state index contributed by atoms with van der Waals surface area (Å²) in [5.41, 5.74) is 0.557. The Kier molecular flexibility index (Phi) is 6.46. The van der Waals surface area contributed by atoms with Crippen LogP contribution in [0.5, 0.6) is 5.75 Å². The average Bonchev–Trinajstić information content (AvgIpc) is 3.13. The maximum absolute atomic E-state index is 14.0. The van der Waals surface area contributed by atoms with Gasteiger partial charge in [0.1, 0.15) is 11.2 Å². The average molecular weight is 427 g/mol. The molecule has 3 aromatic rings. The maximum atomic E-state index is 14.0. The normalized spacial score (nSPS) is 17.1. The molecular formula is C28H30N2O2. The van der Waals surface area contributed by atoms with Gasteiger partial charge in [-0.05, 0) is 42.2 Å². The molecule has 0 bridgehead atoms. The maximum Gasteiger partial charge on any atom is 0.243 e. The summed E-state index contributed by atoms with van der Waals surface area (Å²) in [7, 11) is 1.64. The van der Waals surface area contributed by atoms with Gasteiger partial charge < -0.3 is 9.64 Å². The molecule has 164 valence electrons. The lowest BCUT2D eigenvalue weighted by atomic mass is 9.68. The molecule has 1 saturated heterocycles. The summed E-state index contributed by atoms with van der Waals surface area (Å²) >= 11 is 0. The Morgan fingerprint density at radius 2 is 1.56 bits per heavy atom. The molecule has 0 aliphatic carbocycles. The second-order valence-corrected chi connectivity index (χ2v) is 8.76. The van der Waals surface area contributed by atoms with E-state index < -0.39 is 11.3 Å². The lowest BCUT2D eigenvalue weighted by molar-refractivity contribution is -0.138. The van der Waals surface area contributed by atoms with Crippen molar-refractivity contribution in [1.82, 2.24) is 4.90 Å². The zero-order chi connectivity index (χ0) is 22.6. The molecule has 0 spiro atoms. The number of amides is 1. The fourth-order valence-electron chi connectivity index (χ4n) is 5.03. The number of benzene rings is 3. The second kappa shape index (κ2) is 9.44. The topological polar surface area (TPSA) is 53.3 Å². The van der Waals surface area contributed by atoms with Crippen molar-refractivity contribution in [3.05, 3.63) is 77.9 Å². The predicted octanol–water partition coefficient (Wildman–Crippen LogP) is 5.91. The molecule has 1 unspecified atom stereocenters. The molecule has 0 saturated carbocycles. The largest absolute Gasteiger partial charge is 0.496 e. The zero-order valence-corrected chi connectivity index (χ0v) is 18.9. The van der Waals surface area contributed by atoms with E-state index in [9.17, 15) is 10.1 Å². The minimum Gasteiger partial charge on any atom is -0.496 e. The first-order chi connectivity index (χ1) is 15.6. The Labute approximate surface area is 190 Å². The third-order valence-electron chi connectivity index (χ3n) is 6.73. The summed E-state index contributed by atoms with van der Waals surface area (Å²) in [6, 6.07) is 24.5. The van der Waals surface area contributed by atoms with Crippen LogP contribution in [-0.4, -0.2) is 31.0 Å². The van der Waals surface area contributed by atoms with Gasteiger partial charge in [-0.25, -0.2) is 0 Å². The van der Waals surface area contributed by atoms with Crippen LogP contribution in [0.15, 0.2) is 66.7 Å². The number of carbonyl (C=O) groups excluding carboxylic acids is 1. The van der Waals surface area contributed by atoms with Gasteiger partial charge in [-0.3, -0.25) is 4.79 Å². The number of carbonyl (C=O) groups is 1. The molecule has 1 amide bonds. The molecule has 1 heterocycles. The van der Waals surface area contributed by atoms with E-state index in [1.807, 2.05) is 53.4 Å². The van der Waals surface area contributed by atoms with E-state index in [1.165, 1.54) is 0 Å². The first-order valence-corrected chi connectivity index (χ1v) is 11.4. The summed E-state index contributed by atoms with van der Waals surface area (Å²) in [6.45, 7) is 3.23. The summed E-state index contributed by atoms with van der Waals surface area (Å²) in [5.74, 6) is 0.131. The van der Waals surface area contributed by atoms with Crippen LogP contribution in [0.2, 0.25) is 0 Å². The number of ether oxygens (including phenoxy) is 1. The van der Waals surface area contributed by atoms with Crippen molar-refractivity contribution in [3.8, 4) is 11.8 Å². The van der Waals surface area contributed by atoms with Crippen LogP contribution in [0.3, 0.4) is 0 Å². The summed E-state index contributed by atoms with van der Waals surface area (Å²) < 4.78 is 5.71. The Morgan fingerprint density at radius 3 is 2.28 bits per heavy atom. The smallest absolute Gasteiger partial charge is 0.243 e. The summed E-state index contributed by atoms with van der Waals surface area (Å²) in [6.07, 6.45) is 4.24. The van der Waals surface area contributed by atoms with Gasteiger partial charge in [0, 0.05) is 24.6 Å². The quantitative estimate of drug-likeness (QED) is 0.509. The first kappa shape index (κ1) is 21.9. The number of rotatable bonds is 5. The van der Waals surface area contributed by atoms with E-state index >= 15 is 0 Å². The van der Waals surface area contributed by atoms with Crippen LogP contribution < -0.4 is 4.74 Å². The van der Waals surface area contributed by atoms with Crippen LogP contribution in [0.1, 0.15) is 49.7 Å². The molecule has 1 aliphatic rings. The fraction of sp³-hybridized carbons (Fsp3) is 0.357. The zero-order valence-electron chi connectivity index (χ0n) is 18.9. The molecule has 1 fully saturated rings. The number of para-hydroxylation sites is 1. The van der Waals surface area contributed by atoms with Gasteiger partial charge in [0.25, 0.3) is 0 Å². The highest BCUT2D eigenvalue weighted by Crippen LogP contribution is 2.47. The third-order valence-corrected chi connectivity index (χ3v) is 6.73. The van der Waals surface area contributed by atoms with Crippen molar-refractivity contribution in [1.29, 1.82) is 5.26 Å². The standard InChI is InChI=1S/C28H30N2O2/c1-28(20-29,27(31)30-18-9-3-4-10-19-30)26(24-15-7-8-17-25(24)32-2)23-16-11-13-21-12-5-6-14-22(21)23/h5-8,11-17,26H,3-4,9-10,18-19H2,1-2H3/t26?,28-/m1/s1. The molecule has 2 atom stereocenters. The van der Waals surface area contributed by atoms with E-state index in [0.717, 1.165) is 47.6 Å². The van der Waals surface area contributed by atoms with Crippen molar-refractivity contribution in [2.24, 2.45) is 5.41 Å². The van der Waals surface area contributed by atoms with Crippen LogP contribution in [-0.2, 0) is 4.79 Å². The number of fused-ring (bicyclic) bond motifs is 1. The number of hydrogen-bond donors (Lipinski definition) is 0. The van der Waals surface area contributed by atoms with Gasteiger partial charge in [-0.2, -0.15) is 5.26 Å². The van der Waals surface area contributed by atoms with E-state index in [-0.39, 0.29) is 5.91 Å². The van der Waals surface area contributed by atoms with Crippen molar-refractivity contribution >= 4 is 16.7 Å². The number of nitrogens with zero attached hydrogens (tertiary/aromatic N) is 2. The number of nitriles is 1. The van der Waals surface area contributed by atoms with Crippen LogP contribution >= 0.6 is 0 Å². The molecule has 3 aromatic carbocycles. The third kappa shape index (κ3) is 3.96. The Morgan fingerprint density at radius 1 is 0.938 bits per heavy atom. The molecular weight excluding hydrogens is 396 g/mol. The monoisotopic (exact) mass is 426 g/mol. The van der Waals surface area contributed by atoms with Crippen LogP contribution in [0.25, 0.3) is 10.8 Å². The Hall–Kier alpha value is -3.32. The first-order valence-electron chi connectivity index (χ1n) is 11.4. The minimum atomic E-state index is -1.27. The van der Waals surface area contributed by atoms with Gasteiger partial charge >= 0.3 is 0 Å². The van der Waals surface area contributed by atoms with Gasteiger partial charge in [-0.15, -0.1) is 0 Å². The van der Waals surface area contributed by atoms with E-state index in [1.54, 1.807) is 14.0 Å². The van der Waals surface area contributed by atoms with E-state index in [4.69, 9.17) is 4.74 Å². The SMILES string of the molecule is COc1ccccc1C(c1cccc2ccccc12)[C@@](C)(C#N)C(=O)N1CCCCCC1. The van der Waals surface area contributed by atoms with Crippen molar-refractivity contribution < 1.29 is 9.53 Å². The molecule has 32 heavy (non-hydrogen) atoms. The molecule has 4 rings (SSSR count). The highest BCUT2D eigenvalue weighted by atomic mass is 16.5. The number of likely N-dealkylation sites (tertiary alicyclic amines) is 1. The predicted molar refractivity (Wildman–Crippen MR) is 128 cm³/mol. The summed E-state index contributed by atoms with van der Waals surface area (Å²) in [4.78, 5) is 15.9. The Bertz CT molecular complexity index is 1140. The van der Waals surface area contributed by atoms with Crippen molar-refractivity contribution in [3.63, 3.8) is 0 Å². The number of methoxy groups -OCH3 is 1. The van der Waals surface area contributed by atoms with Gasteiger partial charge in [0.05, 0.1) is 13.2 Å². The lowest BCUT2D eigenvalue weighted by Crippen LogP contribution is -2.45. The Balaban J connectivity index is 1.94. The molecule has 0 aromatic heterocycles. The molecule has 4 nitrogen and oxygen atoms in total. The second-order valence-electron chi connectivity index (χ2n) is 8.76. The number of hydrogen-bond acceptors (Lipinski definition) is 3. The van der Waals surface area contributed by atoms with Gasteiger partial charge in [0.15, 0.2) is 0 Å². The van der Waals surface area contributed by atoms with E-state index in [0.29, 0.717) is 18.8 Å². The lowest BCUT2D eigenvalue weighted by Gasteiger charge is -2.36. The van der Waals surface area contributed by atoms with E-state index in [2.05, 4.69) is 24.3 Å². The minimum absolute atomic E-state index is 0.0919. The molecule has 4 heteroatoms. The molecule has 0 N–H and O–H groups in total. The van der Waals surface area contributed by atoms with Crippen molar-refractivity contribution in [2.75, 3.05) is 20.2 Å². The molecule has 1 aliphatic heterocycles. The van der Waals surface area contributed by atoms with Gasteiger partial charge in [0.2, 0.25) is 5.91 Å². The van der Waals surface area contributed by atoms with Gasteiger partial charge in [-0.1, -0.05) is 73.5 Å². The van der Waals surface area contributed by atoms with Crippen LogP contribution in [0.4, 0.5) is 0 Å². The summed E-state index contributed by atoms with van der Waals surface area (Å²) in [5, 5.41) is 12.7.